The molecule has 4 N–H and O–H groups in total. The molecule has 2 aliphatic rings. The van der Waals surface area contributed by atoms with Gasteiger partial charge in [-0.2, -0.15) is 0 Å². The number of aliphatic hydroxyl groups excluding tert-OH is 1. The van der Waals surface area contributed by atoms with E-state index in [0.717, 1.165) is 0 Å². The summed E-state index contributed by atoms with van der Waals surface area (Å²) in [5, 5.41) is 30.3. The summed E-state index contributed by atoms with van der Waals surface area (Å²) in [6.07, 6.45) is -3.12. The average Bonchev–Trinajstić information content (AvgIpc) is 2.76. The molecule has 2 aliphatic carbocycles. The number of amides is 1. The van der Waals surface area contributed by atoms with Crippen molar-refractivity contribution in [3.8, 4) is 0 Å². The third kappa shape index (κ3) is 2.11. The minimum Gasteiger partial charge on any atom is -0.479 e. The second kappa shape index (κ2) is 4.55. The van der Waals surface area contributed by atoms with Crippen LogP contribution >= 0.6 is 0 Å². The van der Waals surface area contributed by atoms with E-state index in [1.807, 2.05) is 5.32 Å². The van der Waals surface area contributed by atoms with E-state index in [2.05, 4.69) is 0 Å². The Kier molecular flexibility index (Phi) is 3.40. The SMILES string of the molecule is CC(C)(C)OC(=O)N[C@@]1(C(=O)O)[C@@H](O)C[C@@H]2[C@H]1[C@@]2(F)C(=O)O. The van der Waals surface area contributed by atoms with Crippen molar-refractivity contribution >= 4 is 18.0 Å². The zero-order chi connectivity index (χ0) is 17.1. The van der Waals surface area contributed by atoms with Gasteiger partial charge in [0.2, 0.25) is 5.67 Å². The molecule has 0 aliphatic heterocycles. The number of ether oxygens (including phenoxy) is 1. The molecule has 1 amide bonds. The van der Waals surface area contributed by atoms with Crippen LogP contribution in [0.1, 0.15) is 27.2 Å². The van der Waals surface area contributed by atoms with Crippen LogP contribution in [0.3, 0.4) is 0 Å². The zero-order valence-electron chi connectivity index (χ0n) is 12.3. The molecule has 0 saturated heterocycles. The molecule has 0 aromatic rings. The number of alkyl halides is 1. The maximum absolute atomic E-state index is 14.4. The largest absolute Gasteiger partial charge is 0.479 e. The van der Waals surface area contributed by atoms with E-state index in [1.54, 1.807) is 20.8 Å². The van der Waals surface area contributed by atoms with Gasteiger partial charge in [-0.05, 0) is 27.2 Å². The minimum absolute atomic E-state index is 0.366. The first-order chi connectivity index (χ1) is 9.87. The molecule has 0 radical (unpaired) electrons. The Bertz CT molecular complexity index is 545. The van der Waals surface area contributed by atoms with E-state index in [4.69, 9.17) is 9.84 Å². The Hall–Kier alpha value is -1.90. The number of aliphatic carboxylic acids is 2. The number of carbonyl (C=O) groups is 3. The van der Waals surface area contributed by atoms with E-state index in [-0.39, 0.29) is 6.42 Å². The molecule has 5 atom stereocenters. The van der Waals surface area contributed by atoms with Crippen molar-refractivity contribution in [1.29, 1.82) is 0 Å². The lowest BCUT2D eigenvalue weighted by Crippen LogP contribution is -2.64. The van der Waals surface area contributed by atoms with E-state index in [0.29, 0.717) is 0 Å². The number of hydrogen-bond donors (Lipinski definition) is 4. The number of carboxylic acid groups (broad SMARTS) is 2. The summed E-state index contributed by atoms with van der Waals surface area (Å²) in [6, 6.07) is 0. The van der Waals surface area contributed by atoms with Crippen LogP contribution in [0, 0.1) is 11.8 Å². The molecule has 9 heteroatoms. The topological polar surface area (TPSA) is 133 Å². The fourth-order valence-corrected chi connectivity index (χ4v) is 3.27. The van der Waals surface area contributed by atoms with E-state index >= 15 is 0 Å². The van der Waals surface area contributed by atoms with E-state index in [9.17, 15) is 29.0 Å². The van der Waals surface area contributed by atoms with Gasteiger partial charge in [-0.3, -0.25) is 0 Å². The van der Waals surface area contributed by atoms with Gasteiger partial charge in [-0.25, -0.2) is 18.8 Å². The second-order valence-electron chi connectivity index (χ2n) is 6.71. The molecule has 0 aromatic carbocycles. The molecular weight excluding hydrogens is 301 g/mol. The predicted molar refractivity (Wildman–Crippen MR) is 68.8 cm³/mol. The maximum atomic E-state index is 14.4. The third-order valence-corrected chi connectivity index (χ3v) is 4.17. The van der Waals surface area contributed by atoms with Crippen LogP contribution in [0.15, 0.2) is 0 Å². The Balaban J connectivity index is 2.31. The number of fused-ring (bicyclic) bond motifs is 1. The number of rotatable bonds is 3. The first-order valence-electron chi connectivity index (χ1n) is 6.72. The van der Waals surface area contributed by atoms with Crippen molar-refractivity contribution in [1.82, 2.24) is 5.32 Å². The van der Waals surface area contributed by atoms with Gasteiger partial charge in [0.25, 0.3) is 0 Å². The zero-order valence-corrected chi connectivity index (χ0v) is 12.3. The number of carbonyl (C=O) groups excluding carboxylic acids is 1. The molecule has 8 nitrogen and oxygen atoms in total. The van der Waals surface area contributed by atoms with Crippen LogP contribution in [0.25, 0.3) is 0 Å². The molecule has 2 saturated carbocycles. The first kappa shape index (κ1) is 16.5. The molecular formula is C13H18FNO7. The van der Waals surface area contributed by atoms with Gasteiger partial charge in [0.05, 0.1) is 6.10 Å². The van der Waals surface area contributed by atoms with Gasteiger partial charge < -0.3 is 25.4 Å². The van der Waals surface area contributed by atoms with Crippen LogP contribution in [0.5, 0.6) is 0 Å². The summed E-state index contributed by atoms with van der Waals surface area (Å²) in [7, 11) is 0. The number of hydrogen-bond acceptors (Lipinski definition) is 5. The lowest BCUT2D eigenvalue weighted by Gasteiger charge is -2.34. The van der Waals surface area contributed by atoms with Gasteiger partial charge in [-0.15, -0.1) is 0 Å². The molecule has 22 heavy (non-hydrogen) atoms. The van der Waals surface area contributed by atoms with E-state index in [1.165, 1.54) is 0 Å². The smallest absolute Gasteiger partial charge is 0.408 e. The highest BCUT2D eigenvalue weighted by Crippen LogP contribution is 2.67. The highest BCUT2D eigenvalue weighted by atomic mass is 19.1. The lowest BCUT2D eigenvalue weighted by molar-refractivity contribution is -0.155. The van der Waals surface area contributed by atoms with Crippen LogP contribution < -0.4 is 5.32 Å². The number of halogens is 1. The van der Waals surface area contributed by atoms with Crippen molar-refractivity contribution in [2.24, 2.45) is 11.8 Å². The molecule has 124 valence electrons. The lowest BCUT2D eigenvalue weighted by atomic mass is 9.87. The highest BCUT2D eigenvalue weighted by molar-refractivity contribution is 5.93. The molecule has 0 unspecified atom stereocenters. The van der Waals surface area contributed by atoms with Crippen molar-refractivity contribution < 1.29 is 38.8 Å². The Morgan fingerprint density at radius 3 is 2.18 bits per heavy atom. The molecule has 2 rings (SSSR count). The highest BCUT2D eigenvalue weighted by Gasteiger charge is 2.86. The fourth-order valence-electron chi connectivity index (χ4n) is 3.27. The van der Waals surface area contributed by atoms with Gasteiger partial charge in [-0.1, -0.05) is 0 Å². The predicted octanol–water partition coefficient (Wildman–Crippen LogP) is 0.138. The summed E-state index contributed by atoms with van der Waals surface area (Å²) >= 11 is 0. The summed E-state index contributed by atoms with van der Waals surface area (Å²) in [5.74, 6) is -6.20. The number of alkyl carbamates (subject to hydrolysis) is 1. The Morgan fingerprint density at radius 2 is 1.77 bits per heavy atom. The van der Waals surface area contributed by atoms with E-state index < -0.39 is 52.8 Å². The third-order valence-electron chi connectivity index (χ3n) is 4.17. The standard InChI is InChI=1S/C13H18FNO7/c1-11(2,3)22-10(21)15-13(9(19)20)6(16)4-5-7(13)12(5,14)8(17)18/h5-7,16H,4H2,1-3H3,(H,15,21)(H,17,18)(H,19,20)/t5-,6+,7+,12-,13+/m1/s1. The van der Waals surface area contributed by atoms with Crippen LogP contribution in [0.2, 0.25) is 0 Å². The van der Waals surface area contributed by atoms with Gasteiger partial charge >= 0.3 is 18.0 Å². The fraction of sp³-hybridized carbons (Fsp3) is 0.769. The maximum Gasteiger partial charge on any atom is 0.408 e. The monoisotopic (exact) mass is 319 g/mol. The summed E-state index contributed by atoms with van der Waals surface area (Å²) in [5.41, 5.74) is -6.12. The minimum atomic E-state index is -2.77. The molecule has 0 heterocycles. The van der Waals surface area contributed by atoms with Crippen molar-refractivity contribution in [2.45, 2.75) is 50.1 Å². The van der Waals surface area contributed by atoms with Gasteiger partial charge in [0.1, 0.15) is 5.60 Å². The molecule has 2 fully saturated rings. The number of carboxylic acids is 2. The number of nitrogens with one attached hydrogen (secondary N) is 1. The Morgan fingerprint density at radius 1 is 1.23 bits per heavy atom. The van der Waals surface area contributed by atoms with Gasteiger partial charge in [0.15, 0.2) is 5.54 Å². The Labute approximate surface area is 125 Å². The van der Waals surface area contributed by atoms with Crippen molar-refractivity contribution in [3.63, 3.8) is 0 Å². The van der Waals surface area contributed by atoms with Crippen molar-refractivity contribution in [3.05, 3.63) is 0 Å². The van der Waals surface area contributed by atoms with Crippen LogP contribution in [0.4, 0.5) is 9.18 Å². The quantitative estimate of drug-likeness (QED) is 0.581. The molecule has 0 spiro atoms. The first-order valence-corrected chi connectivity index (χ1v) is 6.72. The normalized spacial score (nSPS) is 39.8. The van der Waals surface area contributed by atoms with Crippen LogP contribution in [-0.4, -0.2) is 56.3 Å². The molecule has 0 bridgehead atoms. The molecule has 0 aromatic heterocycles. The van der Waals surface area contributed by atoms with Crippen LogP contribution in [-0.2, 0) is 14.3 Å². The average molecular weight is 319 g/mol. The number of aliphatic hydroxyl groups is 1. The van der Waals surface area contributed by atoms with Gasteiger partial charge in [0, 0.05) is 11.8 Å². The second-order valence-corrected chi connectivity index (χ2v) is 6.71. The van der Waals surface area contributed by atoms with Crippen molar-refractivity contribution in [2.75, 3.05) is 0 Å². The summed E-state index contributed by atoms with van der Waals surface area (Å²) in [6.45, 7) is 4.63. The summed E-state index contributed by atoms with van der Waals surface area (Å²) in [4.78, 5) is 34.5. The summed E-state index contributed by atoms with van der Waals surface area (Å²) < 4.78 is 19.3.